The third-order valence-electron chi connectivity index (χ3n) is 2.91. The quantitative estimate of drug-likeness (QED) is 0.918. The molecule has 108 valence electrons. The van der Waals surface area contributed by atoms with E-state index in [9.17, 15) is 0 Å². The monoisotopic (exact) mass is 303 g/mol. The number of nitriles is 1. The molecule has 0 aliphatic rings. The highest BCUT2D eigenvalue weighted by molar-refractivity contribution is 6.30. The maximum absolute atomic E-state index is 9.10. The van der Waals surface area contributed by atoms with E-state index in [2.05, 4.69) is 16.4 Å². The van der Waals surface area contributed by atoms with Crippen molar-refractivity contribution < 1.29 is 9.47 Å². The van der Waals surface area contributed by atoms with Crippen LogP contribution in [0.5, 0.6) is 11.5 Å². The summed E-state index contributed by atoms with van der Waals surface area (Å²) in [6.45, 7) is 0.384. The van der Waals surface area contributed by atoms with Gasteiger partial charge in [-0.3, -0.25) is 4.98 Å². The molecule has 1 aromatic heterocycles. The van der Waals surface area contributed by atoms with Crippen LogP contribution in [0, 0.1) is 11.3 Å². The number of hydrogen-bond donors (Lipinski definition) is 1. The second kappa shape index (κ2) is 6.82. The van der Waals surface area contributed by atoms with Gasteiger partial charge in [0.15, 0.2) is 11.5 Å². The summed E-state index contributed by atoms with van der Waals surface area (Å²) in [5, 5.41) is 12.8. The molecular weight excluding hydrogens is 290 g/mol. The number of benzene rings is 1. The fraction of sp³-hybridized carbons (Fsp3) is 0.200. The predicted octanol–water partition coefficient (Wildman–Crippen LogP) is 3.24. The average Bonchev–Trinajstić information content (AvgIpc) is 2.52. The number of pyridine rings is 1. The summed E-state index contributed by atoms with van der Waals surface area (Å²) in [4.78, 5) is 4.27. The van der Waals surface area contributed by atoms with Crippen molar-refractivity contribution >= 4 is 17.3 Å². The number of hydrogen-bond acceptors (Lipinski definition) is 5. The van der Waals surface area contributed by atoms with Crippen molar-refractivity contribution in [3.8, 4) is 17.6 Å². The Morgan fingerprint density at radius 2 is 2.10 bits per heavy atom. The van der Waals surface area contributed by atoms with Gasteiger partial charge < -0.3 is 14.8 Å². The highest BCUT2D eigenvalue weighted by Gasteiger charge is 2.11. The summed E-state index contributed by atoms with van der Waals surface area (Å²) in [6.07, 6.45) is 1.64. The Morgan fingerprint density at radius 3 is 2.76 bits per heavy atom. The van der Waals surface area contributed by atoms with Gasteiger partial charge >= 0.3 is 0 Å². The lowest BCUT2D eigenvalue weighted by atomic mass is 10.2. The maximum Gasteiger partial charge on any atom is 0.184 e. The van der Waals surface area contributed by atoms with Crippen LogP contribution in [-0.4, -0.2) is 19.2 Å². The molecule has 21 heavy (non-hydrogen) atoms. The van der Waals surface area contributed by atoms with E-state index in [1.807, 2.05) is 0 Å². The molecule has 0 atom stereocenters. The average molecular weight is 304 g/mol. The van der Waals surface area contributed by atoms with Crippen molar-refractivity contribution in [1.29, 1.82) is 5.26 Å². The molecular formula is C15H14ClN3O2. The van der Waals surface area contributed by atoms with Crippen LogP contribution in [-0.2, 0) is 6.54 Å². The van der Waals surface area contributed by atoms with Gasteiger partial charge in [-0.15, -0.1) is 0 Å². The zero-order valence-electron chi connectivity index (χ0n) is 11.7. The SMILES string of the molecule is COc1ccnc(CNc2cc(Cl)ccc2C#N)c1OC. The van der Waals surface area contributed by atoms with Gasteiger partial charge in [-0.1, -0.05) is 11.6 Å². The lowest BCUT2D eigenvalue weighted by molar-refractivity contribution is 0.350. The first-order valence-electron chi connectivity index (χ1n) is 6.19. The first-order chi connectivity index (χ1) is 10.2. The summed E-state index contributed by atoms with van der Waals surface area (Å²) in [7, 11) is 3.13. The topological polar surface area (TPSA) is 67.2 Å². The van der Waals surface area contributed by atoms with E-state index < -0.39 is 0 Å². The largest absolute Gasteiger partial charge is 0.493 e. The van der Waals surface area contributed by atoms with Crippen LogP contribution in [0.15, 0.2) is 30.5 Å². The lowest BCUT2D eigenvalue weighted by Gasteiger charge is -2.13. The van der Waals surface area contributed by atoms with Crippen molar-refractivity contribution in [3.63, 3.8) is 0 Å². The van der Waals surface area contributed by atoms with Gasteiger partial charge in [0.1, 0.15) is 11.8 Å². The molecule has 1 aromatic carbocycles. The van der Waals surface area contributed by atoms with Crippen LogP contribution >= 0.6 is 11.6 Å². The van der Waals surface area contributed by atoms with E-state index in [0.717, 1.165) is 0 Å². The molecule has 0 saturated carbocycles. The van der Waals surface area contributed by atoms with E-state index in [1.165, 1.54) is 0 Å². The minimum Gasteiger partial charge on any atom is -0.493 e. The summed E-state index contributed by atoms with van der Waals surface area (Å²) in [5.41, 5.74) is 1.85. The maximum atomic E-state index is 9.10. The number of aromatic nitrogens is 1. The van der Waals surface area contributed by atoms with Gasteiger partial charge in [0.2, 0.25) is 0 Å². The highest BCUT2D eigenvalue weighted by atomic mass is 35.5. The lowest BCUT2D eigenvalue weighted by Crippen LogP contribution is -2.06. The van der Waals surface area contributed by atoms with E-state index in [1.54, 1.807) is 44.7 Å². The fourth-order valence-corrected chi connectivity index (χ4v) is 2.09. The standard InChI is InChI=1S/C15H14ClN3O2/c1-20-14-5-6-18-13(15(14)21-2)9-19-12-7-11(16)4-3-10(12)8-17/h3-7,19H,9H2,1-2H3. The van der Waals surface area contributed by atoms with Crippen LogP contribution in [0.2, 0.25) is 5.02 Å². The smallest absolute Gasteiger partial charge is 0.184 e. The molecule has 0 aliphatic heterocycles. The number of rotatable bonds is 5. The van der Waals surface area contributed by atoms with E-state index >= 15 is 0 Å². The number of anilines is 1. The van der Waals surface area contributed by atoms with Crippen molar-refractivity contribution in [1.82, 2.24) is 4.98 Å². The Kier molecular flexibility index (Phi) is 4.85. The minimum atomic E-state index is 0.384. The summed E-state index contributed by atoms with van der Waals surface area (Å²) in [6, 6.07) is 8.88. The highest BCUT2D eigenvalue weighted by Crippen LogP contribution is 2.30. The second-order valence-corrected chi connectivity index (χ2v) is 4.58. The van der Waals surface area contributed by atoms with E-state index in [0.29, 0.717) is 40.0 Å². The Morgan fingerprint density at radius 1 is 1.29 bits per heavy atom. The number of nitrogens with zero attached hydrogens (tertiary/aromatic N) is 2. The number of ether oxygens (including phenoxy) is 2. The van der Waals surface area contributed by atoms with Crippen LogP contribution < -0.4 is 14.8 Å². The molecule has 0 spiro atoms. The van der Waals surface area contributed by atoms with Gasteiger partial charge in [-0.2, -0.15) is 5.26 Å². The molecule has 2 aromatic rings. The van der Waals surface area contributed by atoms with Crippen LogP contribution in [0.25, 0.3) is 0 Å². The molecule has 5 nitrogen and oxygen atoms in total. The Labute approximate surface area is 128 Å². The van der Waals surface area contributed by atoms with Gasteiger partial charge in [0.05, 0.1) is 32.0 Å². The molecule has 6 heteroatoms. The van der Waals surface area contributed by atoms with Crippen LogP contribution in [0.3, 0.4) is 0 Å². The molecule has 0 radical (unpaired) electrons. The Bertz CT molecular complexity index is 683. The van der Waals surface area contributed by atoms with Crippen LogP contribution in [0.1, 0.15) is 11.3 Å². The molecule has 2 rings (SSSR count). The number of methoxy groups -OCH3 is 2. The molecule has 1 N–H and O–H groups in total. The first-order valence-corrected chi connectivity index (χ1v) is 6.56. The van der Waals surface area contributed by atoms with Crippen molar-refractivity contribution in [2.24, 2.45) is 0 Å². The molecule has 0 unspecified atom stereocenters. The van der Waals surface area contributed by atoms with Gasteiger partial charge in [-0.05, 0) is 18.2 Å². The summed E-state index contributed by atoms with van der Waals surface area (Å²) < 4.78 is 10.5. The van der Waals surface area contributed by atoms with Crippen molar-refractivity contribution in [3.05, 3.63) is 46.7 Å². The first kappa shape index (κ1) is 14.9. The molecule has 0 amide bonds. The molecule has 0 saturated heterocycles. The van der Waals surface area contributed by atoms with Gasteiger partial charge in [0.25, 0.3) is 0 Å². The second-order valence-electron chi connectivity index (χ2n) is 4.15. The summed E-state index contributed by atoms with van der Waals surface area (Å²) >= 11 is 5.95. The summed E-state index contributed by atoms with van der Waals surface area (Å²) in [5.74, 6) is 1.17. The van der Waals surface area contributed by atoms with Gasteiger partial charge in [0, 0.05) is 17.3 Å². The van der Waals surface area contributed by atoms with Crippen molar-refractivity contribution in [2.75, 3.05) is 19.5 Å². The normalized spacial score (nSPS) is 9.81. The minimum absolute atomic E-state index is 0.384. The third-order valence-corrected chi connectivity index (χ3v) is 3.15. The zero-order valence-corrected chi connectivity index (χ0v) is 12.4. The third kappa shape index (κ3) is 3.36. The zero-order chi connectivity index (χ0) is 15.2. The Balaban J connectivity index is 2.25. The van der Waals surface area contributed by atoms with E-state index in [-0.39, 0.29) is 0 Å². The number of nitrogens with one attached hydrogen (secondary N) is 1. The molecule has 1 heterocycles. The van der Waals surface area contributed by atoms with Crippen molar-refractivity contribution in [2.45, 2.75) is 6.54 Å². The van der Waals surface area contributed by atoms with Gasteiger partial charge in [-0.25, -0.2) is 0 Å². The molecule has 0 aliphatic carbocycles. The van der Waals surface area contributed by atoms with E-state index in [4.69, 9.17) is 26.3 Å². The fourth-order valence-electron chi connectivity index (χ4n) is 1.92. The number of halogens is 1. The van der Waals surface area contributed by atoms with Crippen LogP contribution in [0.4, 0.5) is 5.69 Å². The molecule has 0 bridgehead atoms. The Hall–Kier alpha value is -2.45. The molecule has 0 fully saturated rings. The predicted molar refractivity (Wildman–Crippen MR) is 80.8 cm³/mol.